The molecule has 300 valence electrons. The summed E-state index contributed by atoms with van der Waals surface area (Å²) in [5.74, 6) is -4.59. The van der Waals surface area contributed by atoms with Gasteiger partial charge in [-0.05, 0) is 60.7 Å². The van der Waals surface area contributed by atoms with Crippen LogP contribution in [0, 0.1) is 11.6 Å². The predicted molar refractivity (Wildman–Crippen MR) is 212 cm³/mol. The number of amides is 3. The zero-order valence-corrected chi connectivity index (χ0v) is 31.2. The van der Waals surface area contributed by atoms with Gasteiger partial charge in [0.1, 0.15) is 11.6 Å². The van der Waals surface area contributed by atoms with E-state index in [2.05, 4.69) is 9.97 Å². The summed E-state index contributed by atoms with van der Waals surface area (Å²) in [6, 6.07) is 31.8. The molecule has 0 radical (unpaired) electrons. The second kappa shape index (κ2) is 20.7. The Morgan fingerprint density at radius 1 is 0.559 bits per heavy atom. The zero-order valence-electron chi connectivity index (χ0n) is 31.2. The van der Waals surface area contributed by atoms with Crippen LogP contribution in [0.1, 0.15) is 52.6 Å². The standard InChI is InChI=1S/C23H18F3N3O3.C21H18FN3O2/c24-19-12-16(20(30)13-28-22(31)21(25)26)6-7-17(19)14-29(18-4-2-1-3-5-18)23(32)15-8-10-27-11-9-15;22-19-12-16(20(26)13-23)6-7-17(19)14-25(18-4-2-1-3-5-18)21(27)15-8-10-24-11-9-15/h1-12,21H,13-14H2,(H,28,31);1-12H,13-14,23H2. The lowest BCUT2D eigenvalue weighted by Crippen LogP contribution is -2.34. The van der Waals surface area contributed by atoms with Gasteiger partial charge in [-0.2, -0.15) is 8.78 Å². The molecule has 2 heterocycles. The fraction of sp³-hybridized carbons (Fsp3) is 0.114. The van der Waals surface area contributed by atoms with Gasteiger partial charge >= 0.3 is 6.43 Å². The monoisotopic (exact) mass is 804 g/mol. The van der Waals surface area contributed by atoms with Crippen LogP contribution in [0.2, 0.25) is 0 Å². The van der Waals surface area contributed by atoms with Gasteiger partial charge < -0.3 is 20.9 Å². The third kappa shape index (κ3) is 11.6. The Morgan fingerprint density at radius 2 is 0.966 bits per heavy atom. The zero-order chi connectivity index (χ0) is 42.3. The van der Waals surface area contributed by atoms with Crippen molar-refractivity contribution in [2.45, 2.75) is 19.5 Å². The van der Waals surface area contributed by atoms with E-state index in [0.717, 1.165) is 12.1 Å². The number of aromatic nitrogens is 2. The first-order valence-electron chi connectivity index (χ1n) is 17.9. The number of nitrogens with one attached hydrogen (secondary N) is 1. The molecule has 0 aliphatic rings. The number of hydrogen-bond acceptors (Lipinski definition) is 8. The summed E-state index contributed by atoms with van der Waals surface area (Å²) in [6.45, 7) is -0.963. The average Bonchev–Trinajstić information content (AvgIpc) is 3.27. The van der Waals surface area contributed by atoms with E-state index in [0.29, 0.717) is 28.1 Å². The summed E-state index contributed by atoms with van der Waals surface area (Å²) in [5.41, 5.74) is 7.89. The lowest BCUT2D eigenvalue weighted by molar-refractivity contribution is -0.131. The Balaban J connectivity index is 0.000000227. The Hall–Kier alpha value is -7.39. The Bertz CT molecular complexity index is 2390. The number of rotatable bonds is 14. The molecule has 59 heavy (non-hydrogen) atoms. The summed E-state index contributed by atoms with van der Waals surface area (Å²) in [7, 11) is 0. The molecule has 0 saturated carbocycles. The molecule has 0 bridgehead atoms. The molecule has 0 fully saturated rings. The second-order valence-electron chi connectivity index (χ2n) is 12.6. The van der Waals surface area contributed by atoms with Gasteiger partial charge in [0, 0.05) is 69.5 Å². The molecule has 6 rings (SSSR count). The van der Waals surface area contributed by atoms with Gasteiger partial charge in [-0.1, -0.05) is 60.7 Å². The number of anilines is 2. The number of benzene rings is 4. The first-order chi connectivity index (χ1) is 28.5. The van der Waals surface area contributed by atoms with Crippen LogP contribution in [-0.4, -0.2) is 58.8 Å². The van der Waals surface area contributed by atoms with Gasteiger partial charge in [-0.25, -0.2) is 8.78 Å². The maximum Gasteiger partial charge on any atom is 0.315 e. The van der Waals surface area contributed by atoms with Gasteiger partial charge in [0.2, 0.25) is 0 Å². The smallest absolute Gasteiger partial charge is 0.315 e. The number of nitrogens with zero attached hydrogens (tertiary/aromatic N) is 4. The summed E-state index contributed by atoms with van der Waals surface area (Å²) in [4.78, 5) is 71.4. The first-order valence-corrected chi connectivity index (χ1v) is 17.9. The number of halogens is 4. The first kappa shape index (κ1) is 42.7. The van der Waals surface area contributed by atoms with Crippen molar-refractivity contribution >= 4 is 40.7 Å². The van der Waals surface area contributed by atoms with Crippen molar-refractivity contribution in [1.82, 2.24) is 15.3 Å². The van der Waals surface area contributed by atoms with Crippen LogP contribution in [0.15, 0.2) is 146 Å². The van der Waals surface area contributed by atoms with E-state index in [1.54, 1.807) is 72.0 Å². The predicted octanol–water partition coefficient (Wildman–Crippen LogP) is 6.84. The van der Waals surface area contributed by atoms with E-state index in [4.69, 9.17) is 5.73 Å². The molecule has 0 aliphatic carbocycles. The Kier molecular flexibility index (Phi) is 15.0. The number of Topliss-reactive ketones (excluding diaryl/α,β-unsaturated/α-hetero) is 2. The van der Waals surface area contributed by atoms with Crippen LogP contribution >= 0.6 is 0 Å². The van der Waals surface area contributed by atoms with E-state index in [1.165, 1.54) is 58.9 Å². The Morgan fingerprint density at radius 3 is 1.34 bits per heavy atom. The van der Waals surface area contributed by atoms with E-state index >= 15 is 0 Å². The molecule has 0 spiro atoms. The molecule has 0 aliphatic heterocycles. The maximum absolute atomic E-state index is 14.8. The van der Waals surface area contributed by atoms with Crippen molar-refractivity contribution in [2.75, 3.05) is 22.9 Å². The third-order valence-electron chi connectivity index (χ3n) is 8.69. The fourth-order valence-corrected chi connectivity index (χ4v) is 5.58. The molecule has 2 aromatic heterocycles. The molecule has 3 N–H and O–H groups in total. The number of pyridine rings is 2. The van der Waals surface area contributed by atoms with Crippen molar-refractivity contribution in [3.05, 3.63) is 191 Å². The number of hydrogen-bond donors (Lipinski definition) is 2. The van der Waals surface area contributed by atoms with Crippen LogP contribution in [0.3, 0.4) is 0 Å². The van der Waals surface area contributed by atoms with Gasteiger partial charge in [0.25, 0.3) is 17.7 Å². The number of carbonyl (C=O) groups is 5. The lowest BCUT2D eigenvalue weighted by atomic mass is 10.1. The molecule has 4 aromatic carbocycles. The normalized spacial score (nSPS) is 10.5. The maximum atomic E-state index is 14.8. The van der Waals surface area contributed by atoms with Crippen molar-refractivity contribution in [2.24, 2.45) is 5.73 Å². The SMILES string of the molecule is NCC(=O)c1ccc(CN(C(=O)c2ccncc2)c2ccccc2)c(F)c1.O=C(CNC(=O)C(F)F)c1ccc(CN(C(=O)c2ccncc2)c2ccccc2)c(F)c1. The van der Waals surface area contributed by atoms with Crippen molar-refractivity contribution in [3.8, 4) is 0 Å². The quantitative estimate of drug-likeness (QED) is 0.0896. The number of alkyl halides is 2. The average molecular weight is 805 g/mol. The lowest BCUT2D eigenvalue weighted by Gasteiger charge is -2.23. The van der Waals surface area contributed by atoms with Crippen LogP contribution in [0.4, 0.5) is 28.9 Å². The number of nitrogens with two attached hydrogens (primary N) is 1. The summed E-state index contributed by atoms with van der Waals surface area (Å²) in [5, 5.41) is 1.78. The highest BCUT2D eigenvalue weighted by Gasteiger charge is 2.22. The van der Waals surface area contributed by atoms with Gasteiger partial charge in [-0.3, -0.25) is 33.9 Å². The molecule has 0 atom stereocenters. The van der Waals surface area contributed by atoms with Gasteiger partial charge in [0.05, 0.1) is 26.2 Å². The minimum absolute atomic E-state index is 0.0219. The topological polar surface area (TPSA) is 156 Å². The second-order valence-corrected chi connectivity index (χ2v) is 12.6. The van der Waals surface area contributed by atoms with Crippen LogP contribution in [0.25, 0.3) is 0 Å². The van der Waals surface area contributed by atoms with E-state index in [-0.39, 0.29) is 53.9 Å². The van der Waals surface area contributed by atoms with Crippen molar-refractivity contribution in [3.63, 3.8) is 0 Å². The molecule has 15 heteroatoms. The van der Waals surface area contributed by atoms with Crippen molar-refractivity contribution < 1.29 is 41.5 Å². The minimum atomic E-state index is -3.25. The molecule has 0 saturated heterocycles. The highest BCUT2D eigenvalue weighted by molar-refractivity contribution is 6.07. The summed E-state index contributed by atoms with van der Waals surface area (Å²) in [6.07, 6.45) is 2.77. The largest absolute Gasteiger partial charge is 0.344 e. The van der Waals surface area contributed by atoms with Crippen LogP contribution < -0.4 is 20.9 Å². The molecule has 0 unspecified atom stereocenters. The highest BCUT2D eigenvalue weighted by Crippen LogP contribution is 2.24. The van der Waals surface area contributed by atoms with E-state index in [1.807, 2.05) is 18.2 Å². The molecular formula is C44H36F4N6O5. The van der Waals surface area contributed by atoms with Crippen molar-refractivity contribution in [1.29, 1.82) is 0 Å². The van der Waals surface area contributed by atoms with Crippen LogP contribution in [-0.2, 0) is 17.9 Å². The summed E-state index contributed by atoms with van der Waals surface area (Å²) >= 11 is 0. The Labute approximate surface area is 336 Å². The molecule has 11 nitrogen and oxygen atoms in total. The fourth-order valence-electron chi connectivity index (χ4n) is 5.58. The number of carbonyl (C=O) groups excluding carboxylic acids is 5. The van der Waals surface area contributed by atoms with Crippen LogP contribution in [0.5, 0.6) is 0 Å². The molecule has 3 amide bonds. The number of ketones is 2. The highest BCUT2D eigenvalue weighted by atomic mass is 19.3. The van der Waals surface area contributed by atoms with Gasteiger partial charge in [0.15, 0.2) is 11.6 Å². The molecular weight excluding hydrogens is 769 g/mol. The summed E-state index contributed by atoms with van der Waals surface area (Å²) < 4.78 is 53.8. The van der Waals surface area contributed by atoms with E-state index < -0.39 is 36.3 Å². The molecule has 6 aromatic rings. The third-order valence-corrected chi connectivity index (χ3v) is 8.69. The van der Waals surface area contributed by atoms with E-state index in [9.17, 15) is 41.5 Å². The van der Waals surface area contributed by atoms with Gasteiger partial charge in [-0.15, -0.1) is 0 Å². The number of para-hydroxylation sites is 2. The minimum Gasteiger partial charge on any atom is -0.344 e.